The maximum Gasteiger partial charge on any atom is 0.239 e. The summed E-state index contributed by atoms with van der Waals surface area (Å²) >= 11 is 0. The summed E-state index contributed by atoms with van der Waals surface area (Å²) in [6, 6.07) is 12.7. The Morgan fingerprint density at radius 2 is 1.92 bits per heavy atom. The summed E-state index contributed by atoms with van der Waals surface area (Å²) in [5.41, 5.74) is 0.777. The molecule has 1 aliphatic rings. The lowest BCUT2D eigenvalue weighted by Crippen LogP contribution is -2.40. The minimum absolute atomic E-state index is 0.0892. The summed E-state index contributed by atoms with van der Waals surface area (Å²) < 4.78 is 5.11. The normalized spacial score (nSPS) is 16.7. The second kappa shape index (κ2) is 7.65. The number of benzene rings is 1. The van der Waals surface area contributed by atoms with Gasteiger partial charge in [-0.05, 0) is 24.3 Å². The topological polar surface area (TPSA) is 91.7 Å². The van der Waals surface area contributed by atoms with E-state index < -0.39 is 5.92 Å². The van der Waals surface area contributed by atoms with Crippen LogP contribution in [0.15, 0.2) is 53.1 Å². The van der Waals surface area contributed by atoms with Crippen molar-refractivity contribution >= 4 is 23.4 Å². The first-order valence-electron chi connectivity index (χ1n) is 8.05. The summed E-state index contributed by atoms with van der Waals surface area (Å²) in [4.78, 5) is 37.7. The fourth-order valence-corrected chi connectivity index (χ4v) is 2.71. The summed E-state index contributed by atoms with van der Waals surface area (Å²) in [5.74, 6) is -0.507. The maximum absolute atomic E-state index is 12.2. The zero-order valence-corrected chi connectivity index (χ0v) is 13.6. The van der Waals surface area contributed by atoms with E-state index in [1.807, 2.05) is 30.3 Å². The van der Waals surface area contributed by atoms with Crippen LogP contribution >= 0.6 is 0 Å². The van der Waals surface area contributed by atoms with Gasteiger partial charge in [-0.3, -0.25) is 14.4 Å². The molecule has 1 unspecified atom stereocenters. The Morgan fingerprint density at radius 3 is 2.64 bits per heavy atom. The van der Waals surface area contributed by atoms with Crippen molar-refractivity contribution in [2.75, 3.05) is 18.0 Å². The standard InChI is InChI=1S/C18H19N3O4/c22-16(19-10-15-7-4-8-25-15)11-20-18(24)13-9-17(23)21(12-13)14-5-2-1-3-6-14/h1-8,13H,9-12H2,(H,19,22)(H,20,24). The fourth-order valence-electron chi connectivity index (χ4n) is 2.71. The number of amides is 3. The number of nitrogens with one attached hydrogen (secondary N) is 2. The molecule has 0 aliphatic carbocycles. The van der Waals surface area contributed by atoms with Crippen LogP contribution in [-0.4, -0.2) is 30.8 Å². The lowest BCUT2D eigenvalue weighted by Gasteiger charge is -2.16. The van der Waals surface area contributed by atoms with E-state index in [1.54, 1.807) is 17.0 Å². The third-order valence-corrected chi connectivity index (χ3v) is 4.03. The van der Waals surface area contributed by atoms with Crippen LogP contribution in [0.3, 0.4) is 0 Å². The second-order valence-electron chi connectivity index (χ2n) is 5.81. The SMILES string of the molecule is O=C(CNC(=O)C1CC(=O)N(c2ccccc2)C1)NCc1ccco1. The number of nitrogens with zero attached hydrogens (tertiary/aromatic N) is 1. The van der Waals surface area contributed by atoms with E-state index in [0.717, 1.165) is 5.69 Å². The van der Waals surface area contributed by atoms with Crippen LogP contribution in [0.4, 0.5) is 5.69 Å². The van der Waals surface area contributed by atoms with Gasteiger partial charge in [-0.2, -0.15) is 0 Å². The van der Waals surface area contributed by atoms with Crippen LogP contribution in [0.5, 0.6) is 0 Å². The van der Waals surface area contributed by atoms with Crippen molar-refractivity contribution in [3.63, 3.8) is 0 Å². The number of carbonyl (C=O) groups is 3. The van der Waals surface area contributed by atoms with Gasteiger partial charge in [0, 0.05) is 18.7 Å². The van der Waals surface area contributed by atoms with Gasteiger partial charge in [0.25, 0.3) is 0 Å². The lowest BCUT2D eigenvalue weighted by molar-refractivity contribution is -0.129. The van der Waals surface area contributed by atoms with E-state index in [2.05, 4.69) is 10.6 Å². The van der Waals surface area contributed by atoms with E-state index in [9.17, 15) is 14.4 Å². The molecule has 7 nitrogen and oxygen atoms in total. The maximum atomic E-state index is 12.2. The molecule has 0 saturated carbocycles. The molecule has 130 valence electrons. The molecule has 0 spiro atoms. The van der Waals surface area contributed by atoms with Gasteiger partial charge in [-0.15, -0.1) is 0 Å². The van der Waals surface area contributed by atoms with E-state index in [4.69, 9.17) is 4.42 Å². The molecule has 1 atom stereocenters. The van der Waals surface area contributed by atoms with Crippen molar-refractivity contribution in [3.05, 3.63) is 54.5 Å². The number of rotatable bonds is 6. The molecule has 2 N–H and O–H groups in total. The van der Waals surface area contributed by atoms with Gasteiger partial charge in [0.15, 0.2) is 0 Å². The zero-order chi connectivity index (χ0) is 17.6. The quantitative estimate of drug-likeness (QED) is 0.822. The van der Waals surface area contributed by atoms with E-state index in [0.29, 0.717) is 12.3 Å². The van der Waals surface area contributed by atoms with Crippen LogP contribution in [0.25, 0.3) is 0 Å². The number of anilines is 1. The van der Waals surface area contributed by atoms with Crippen molar-refractivity contribution in [2.45, 2.75) is 13.0 Å². The highest BCUT2D eigenvalue weighted by atomic mass is 16.3. The van der Waals surface area contributed by atoms with Gasteiger partial charge < -0.3 is 20.0 Å². The van der Waals surface area contributed by atoms with Gasteiger partial charge >= 0.3 is 0 Å². The zero-order valence-electron chi connectivity index (χ0n) is 13.6. The molecule has 1 fully saturated rings. The predicted octanol–water partition coefficient (Wildman–Crippen LogP) is 1.07. The van der Waals surface area contributed by atoms with Gasteiger partial charge in [-0.25, -0.2) is 0 Å². The molecule has 7 heteroatoms. The average molecular weight is 341 g/mol. The second-order valence-corrected chi connectivity index (χ2v) is 5.81. The smallest absolute Gasteiger partial charge is 0.239 e. The molecule has 0 radical (unpaired) electrons. The predicted molar refractivity (Wildman–Crippen MR) is 90.5 cm³/mol. The number of hydrogen-bond donors (Lipinski definition) is 2. The third-order valence-electron chi connectivity index (χ3n) is 4.03. The van der Waals surface area contributed by atoms with Crippen LogP contribution in [0.1, 0.15) is 12.2 Å². The van der Waals surface area contributed by atoms with Crippen molar-refractivity contribution < 1.29 is 18.8 Å². The number of furan rings is 1. The first kappa shape index (κ1) is 16.8. The Labute approximate surface area is 145 Å². The molecule has 3 amide bonds. The Balaban J connectivity index is 1.45. The Morgan fingerprint density at radius 1 is 1.12 bits per heavy atom. The average Bonchev–Trinajstić information content (AvgIpc) is 3.28. The van der Waals surface area contributed by atoms with E-state index in [1.165, 1.54) is 6.26 Å². The molecule has 2 heterocycles. The first-order valence-corrected chi connectivity index (χ1v) is 8.05. The number of hydrogen-bond acceptors (Lipinski definition) is 4. The lowest BCUT2D eigenvalue weighted by atomic mass is 10.1. The van der Waals surface area contributed by atoms with Crippen LogP contribution in [-0.2, 0) is 20.9 Å². The molecule has 1 aromatic heterocycles. The van der Waals surface area contributed by atoms with Crippen molar-refractivity contribution in [3.8, 4) is 0 Å². The molecular weight excluding hydrogens is 322 g/mol. The van der Waals surface area contributed by atoms with Gasteiger partial charge in [-0.1, -0.05) is 18.2 Å². The fraction of sp³-hybridized carbons (Fsp3) is 0.278. The molecule has 1 aliphatic heterocycles. The molecule has 0 bridgehead atoms. The Kier molecular flexibility index (Phi) is 5.13. The highest BCUT2D eigenvalue weighted by molar-refractivity contribution is 6.00. The van der Waals surface area contributed by atoms with Crippen molar-refractivity contribution in [1.82, 2.24) is 10.6 Å². The molecule has 2 aromatic rings. The number of para-hydroxylation sites is 1. The third kappa shape index (κ3) is 4.26. The minimum atomic E-state index is -0.453. The van der Waals surface area contributed by atoms with Crippen molar-refractivity contribution in [1.29, 1.82) is 0 Å². The molecule has 25 heavy (non-hydrogen) atoms. The minimum Gasteiger partial charge on any atom is -0.467 e. The molecule has 3 rings (SSSR count). The van der Waals surface area contributed by atoms with Crippen LogP contribution < -0.4 is 15.5 Å². The molecule has 1 saturated heterocycles. The monoisotopic (exact) mass is 341 g/mol. The van der Waals surface area contributed by atoms with Crippen LogP contribution in [0, 0.1) is 5.92 Å². The first-order chi connectivity index (χ1) is 12.1. The summed E-state index contributed by atoms with van der Waals surface area (Å²) in [5, 5.41) is 5.24. The summed E-state index contributed by atoms with van der Waals surface area (Å²) in [6.45, 7) is 0.462. The van der Waals surface area contributed by atoms with Gasteiger partial charge in [0.05, 0.1) is 25.3 Å². The summed E-state index contributed by atoms with van der Waals surface area (Å²) in [7, 11) is 0. The van der Waals surface area contributed by atoms with Gasteiger partial charge in [0.1, 0.15) is 5.76 Å². The highest BCUT2D eigenvalue weighted by Gasteiger charge is 2.35. The highest BCUT2D eigenvalue weighted by Crippen LogP contribution is 2.24. The summed E-state index contributed by atoms with van der Waals surface area (Å²) in [6.07, 6.45) is 1.67. The Hall–Kier alpha value is -3.09. The molecule has 1 aromatic carbocycles. The largest absolute Gasteiger partial charge is 0.467 e. The number of carbonyl (C=O) groups excluding carboxylic acids is 3. The van der Waals surface area contributed by atoms with Gasteiger partial charge in [0.2, 0.25) is 17.7 Å². The van der Waals surface area contributed by atoms with Crippen molar-refractivity contribution in [2.24, 2.45) is 5.92 Å². The van der Waals surface area contributed by atoms with E-state index >= 15 is 0 Å². The van der Waals surface area contributed by atoms with E-state index in [-0.39, 0.29) is 37.2 Å². The molecular formula is C18H19N3O4. The Bertz CT molecular complexity index is 743. The van der Waals surface area contributed by atoms with Crippen LogP contribution in [0.2, 0.25) is 0 Å².